The van der Waals surface area contributed by atoms with E-state index in [2.05, 4.69) is 92.8 Å². The number of piperazine rings is 1. The molecular weight excluding hydrogens is 484 g/mol. The van der Waals surface area contributed by atoms with Gasteiger partial charge in [-0.25, -0.2) is 4.98 Å². The Morgan fingerprint density at radius 3 is 2.72 bits per heavy atom. The van der Waals surface area contributed by atoms with Gasteiger partial charge < -0.3 is 20.1 Å². The van der Waals surface area contributed by atoms with Gasteiger partial charge in [0.2, 0.25) is 0 Å². The summed E-state index contributed by atoms with van der Waals surface area (Å²) >= 11 is 0. The van der Waals surface area contributed by atoms with Crippen LogP contribution in [0.2, 0.25) is 0 Å². The molecule has 0 spiro atoms. The van der Waals surface area contributed by atoms with E-state index >= 15 is 0 Å². The van der Waals surface area contributed by atoms with Crippen LogP contribution in [0.25, 0.3) is 39.0 Å². The number of fused-ring (bicyclic) bond motifs is 2. The third kappa shape index (κ3) is 5.66. The molecule has 1 aliphatic heterocycles. The van der Waals surface area contributed by atoms with Gasteiger partial charge in [-0.15, -0.1) is 0 Å². The number of hydrogen-bond acceptors (Lipinski definition) is 6. The summed E-state index contributed by atoms with van der Waals surface area (Å²) in [5, 5.41) is 12.3. The molecule has 39 heavy (non-hydrogen) atoms. The Labute approximate surface area is 230 Å². The lowest BCUT2D eigenvalue weighted by molar-refractivity contribution is 0.313. The highest BCUT2D eigenvalue weighted by atomic mass is 15.3. The summed E-state index contributed by atoms with van der Waals surface area (Å²) in [6.07, 6.45) is 13.0. The van der Waals surface area contributed by atoms with E-state index in [0.29, 0.717) is 0 Å². The number of H-pyrrole nitrogens is 2. The van der Waals surface area contributed by atoms with Crippen molar-refractivity contribution in [1.82, 2.24) is 35.4 Å². The second-order valence-corrected chi connectivity index (χ2v) is 10.1. The fourth-order valence-corrected chi connectivity index (χ4v) is 4.99. The number of likely N-dealkylation sites (N-methyl/N-ethyl adjacent to an activating group) is 1. The van der Waals surface area contributed by atoms with E-state index in [0.717, 1.165) is 107 Å². The molecule has 0 unspecified atom stereocenters. The van der Waals surface area contributed by atoms with Gasteiger partial charge >= 0.3 is 0 Å². The monoisotopic (exact) mass is 522 g/mol. The molecule has 5 rings (SSSR count). The van der Waals surface area contributed by atoms with E-state index in [1.807, 2.05) is 25.4 Å². The molecule has 0 atom stereocenters. The highest BCUT2D eigenvalue weighted by molar-refractivity contribution is 5.97. The molecule has 1 saturated heterocycles. The summed E-state index contributed by atoms with van der Waals surface area (Å²) in [5.74, 6) is 0.731. The van der Waals surface area contributed by atoms with Crippen LogP contribution in [-0.2, 0) is 0 Å². The Bertz CT molecular complexity index is 1550. The third-order valence-electron chi connectivity index (χ3n) is 7.33. The average molecular weight is 523 g/mol. The fourth-order valence-electron chi connectivity index (χ4n) is 4.99. The second-order valence-electron chi connectivity index (χ2n) is 10.1. The SMILES string of the molecule is C=C/C(=C\C(=C/C)c1ccc2[nH]nc(-c3nc4c(N5CCN(C)CC5)cncc4[nH]3)c2c1)NC(=C)CCCC. The van der Waals surface area contributed by atoms with Crippen LogP contribution in [0.15, 0.2) is 73.4 Å². The maximum Gasteiger partial charge on any atom is 0.159 e. The highest BCUT2D eigenvalue weighted by Crippen LogP contribution is 2.32. The topological polar surface area (TPSA) is 88.8 Å². The number of benzene rings is 1. The molecule has 0 radical (unpaired) electrons. The van der Waals surface area contributed by atoms with Crippen molar-refractivity contribution in [3.8, 4) is 11.5 Å². The summed E-state index contributed by atoms with van der Waals surface area (Å²) in [6, 6.07) is 6.34. The number of nitrogens with zero attached hydrogens (tertiary/aromatic N) is 5. The third-order valence-corrected chi connectivity index (χ3v) is 7.33. The van der Waals surface area contributed by atoms with Crippen molar-refractivity contribution in [2.75, 3.05) is 38.1 Å². The zero-order valence-corrected chi connectivity index (χ0v) is 23.2. The Morgan fingerprint density at radius 1 is 1.15 bits per heavy atom. The zero-order valence-electron chi connectivity index (χ0n) is 23.2. The molecule has 4 aromatic rings. The molecule has 3 aromatic heterocycles. The van der Waals surface area contributed by atoms with Gasteiger partial charge in [0.05, 0.1) is 29.1 Å². The van der Waals surface area contributed by atoms with Gasteiger partial charge in [0, 0.05) is 43.0 Å². The van der Waals surface area contributed by atoms with E-state index < -0.39 is 0 Å². The van der Waals surface area contributed by atoms with Gasteiger partial charge in [-0.05, 0) is 62.2 Å². The number of pyridine rings is 1. The molecule has 8 heteroatoms. The number of nitrogens with one attached hydrogen (secondary N) is 3. The van der Waals surface area contributed by atoms with Crippen LogP contribution in [-0.4, -0.2) is 63.3 Å². The minimum absolute atomic E-state index is 0.731. The molecule has 0 bridgehead atoms. The molecule has 1 fully saturated rings. The molecule has 0 saturated carbocycles. The molecule has 1 aromatic carbocycles. The van der Waals surface area contributed by atoms with Gasteiger partial charge in [0.1, 0.15) is 11.2 Å². The standard InChI is InChI=1S/C31H38N8/c1-6-9-10-21(4)33-24(8-3)17-22(7-2)23-11-12-26-25(18-23)29(37-36-26)31-34-27-19-32-20-28(30(27)35-31)39-15-13-38(5)14-16-39/h7-8,11-12,17-20,33H,3-4,6,9-10,13-16H2,1-2,5H3,(H,34,35)(H,36,37)/b22-7+,24-17+. The van der Waals surface area contributed by atoms with Crippen molar-refractivity contribution in [2.24, 2.45) is 0 Å². The van der Waals surface area contributed by atoms with Crippen LogP contribution in [0.1, 0.15) is 38.7 Å². The number of imidazole rings is 1. The number of aromatic nitrogens is 5. The minimum atomic E-state index is 0.731. The van der Waals surface area contributed by atoms with Crippen molar-refractivity contribution < 1.29 is 0 Å². The summed E-state index contributed by atoms with van der Waals surface area (Å²) in [6.45, 7) is 16.4. The number of unbranched alkanes of at least 4 members (excludes halogenated alkanes) is 1. The zero-order chi connectivity index (χ0) is 27.4. The van der Waals surface area contributed by atoms with E-state index in [1.165, 1.54) is 0 Å². The number of hydrogen-bond donors (Lipinski definition) is 3. The Kier molecular flexibility index (Phi) is 7.93. The van der Waals surface area contributed by atoms with Gasteiger partial charge in [-0.3, -0.25) is 10.1 Å². The molecule has 1 aliphatic rings. The normalized spacial score (nSPS) is 15.3. The average Bonchev–Trinajstić information content (AvgIpc) is 3.58. The van der Waals surface area contributed by atoms with Crippen molar-refractivity contribution in [3.63, 3.8) is 0 Å². The molecule has 0 amide bonds. The summed E-state index contributed by atoms with van der Waals surface area (Å²) < 4.78 is 0. The maximum atomic E-state index is 5.02. The highest BCUT2D eigenvalue weighted by Gasteiger charge is 2.20. The lowest BCUT2D eigenvalue weighted by Crippen LogP contribution is -2.44. The quantitative estimate of drug-likeness (QED) is 0.221. The Balaban J connectivity index is 1.47. The number of rotatable bonds is 10. The van der Waals surface area contributed by atoms with Gasteiger partial charge in [0.15, 0.2) is 5.82 Å². The van der Waals surface area contributed by atoms with Crippen molar-refractivity contribution in [2.45, 2.75) is 33.1 Å². The van der Waals surface area contributed by atoms with Crippen LogP contribution < -0.4 is 10.2 Å². The second kappa shape index (κ2) is 11.7. The number of aromatic amines is 2. The van der Waals surface area contributed by atoms with Crippen LogP contribution in [0, 0.1) is 0 Å². The molecule has 202 valence electrons. The largest absolute Gasteiger partial charge is 0.366 e. The Hall–Kier alpha value is -4.17. The van der Waals surface area contributed by atoms with Crippen molar-refractivity contribution in [1.29, 1.82) is 0 Å². The van der Waals surface area contributed by atoms with E-state index in [9.17, 15) is 0 Å². The van der Waals surface area contributed by atoms with Crippen molar-refractivity contribution >= 4 is 33.2 Å². The van der Waals surface area contributed by atoms with Crippen LogP contribution in [0.4, 0.5) is 5.69 Å². The number of anilines is 1. The van der Waals surface area contributed by atoms with Gasteiger partial charge in [-0.2, -0.15) is 5.10 Å². The predicted octanol–water partition coefficient (Wildman–Crippen LogP) is 6.02. The molecule has 4 heterocycles. The van der Waals surface area contributed by atoms with Gasteiger partial charge in [0.25, 0.3) is 0 Å². The van der Waals surface area contributed by atoms with E-state index in [1.54, 1.807) is 0 Å². The van der Waals surface area contributed by atoms with Gasteiger partial charge in [-0.1, -0.05) is 38.6 Å². The fraction of sp³-hybridized carbons (Fsp3) is 0.323. The van der Waals surface area contributed by atoms with Crippen LogP contribution in [0.5, 0.6) is 0 Å². The van der Waals surface area contributed by atoms with Crippen molar-refractivity contribution in [3.05, 3.63) is 78.9 Å². The molecular formula is C31H38N8. The molecule has 0 aliphatic carbocycles. The predicted molar refractivity (Wildman–Crippen MR) is 162 cm³/mol. The Morgan fingerprint density at radius 2 is 1.97 bits per heavy atom. The summed E-state index contributed by atoms with van der Waals surface area (Å²) in [5.41, 5.74) is 8.76. The first-order chi connectivity index (χ1) is 19.0. The first-order valence-electron chi connectivity index (χ1n) is 13.7. The smallest absolute Gasteiger partial charge is 0.159 e. The van der Waals surface area contributed by atoms with E-state index in [-0.39, 0.29) is 0 Å². The van der Waals surface area contributed by atoms with E-state index in [4.69, 9.17) is 4.98 Å². The lowest BCUT2D eigenvalue weighted by Gasteiger charge is -2.33. The minimum Gasteiger partial charge on any atom is -0.366 e. The maximum absolute atomic E-state index is 5.02. The first-order valence-corrected chi connectivity index (χ1v) is 13.7. The van der Waals surface area contributed by atoms with Crippen LogP contribution in [0.3, 0.4) is 0 Å². The first kappa shape index (κ1) is 26.4. The summed E-state index contributed by atoms with van der Waals surface area (Å²) in [4.78, 5) is 17.7. The summed E-state index contributed by atoms with van der Waals surface area (Å²) in [7, 11) is 2.16. The molecule has 8 nitrogen and oxygen atoms in total. The lowest BCUT2D eigenvalue weighted by atomic mass is 10.0. The number of allylic oxidation sites excluding steroid dienone is 5. The molecule has 3 N–H and O–H groups in total. The van der Waals surface area contributed by atoms with Crippen LogP contribution >= 0.6 is 0 Å².